The van der Waals surface area contributed by atoms with Crippen LogP contribution in [-0.4, -0.2) is 42.1 Å². The number of piperazine rings is 1. The van der Waals surface area contributed by atoms with Crippen molar-refractivity contribution in [3.05, 3.63) is 70.8 Å². The van der Waals surface area contributed by atoms with Crippen LogP contribution in [0.5, 0.6) is 0 Å². The maximum atomic E-state index is 6.08. The molecule has 1 unspecified atom stereocenters. The van der Waals surface area contributed by atoms with Gasteiger partial charge in [0.05, 0.1) is 12.2 Å². The fourth-order valence-corrected chi connectivity index (χ4v) is 4.29. The van der Waals surface area contributed by atoms with Gasteiger partial charge >= 0.3 is 0 Å². The molecule has 3 nitrogen and oxygen atoms in total. The van der Waals surface area contributed by atoms with Gasteiger partial charge in [-0.05, 0) is 42.0 Å². The highest BCUT2D eigenvalue weighted by Crippen LogP contribution is 2.37. The summed E-state index contributed by atoms with van der Waals surface area (Å²) >= 11 is 0. The Morgan fingerprint density at radius 3 is 1.83 bits per heavy atom. The van der Waals surface area contributed by atoms with Crippen molar-refractivity contribution < 1.29 is 0 Å². The third-order valence-electron chi connectivity index (χ3n) is 5.65. The maximum absolute atomic E-state index is 6.08. The van der Waals surface area contributed by atoms with E-state index in [0.29, 0.717) is 6.04 Å². The van der Waals surface area contributed by atoms with Crippen LogP contribution in [0.1, 0.15) is 35.2 Å². The van der Waals surface area contributed by atoms with Gasteiger partial charge in [-0.15, -0.1) is 0 Å². The Hall–Kier alpha value is -1.68. The molecule has 0 saturated carbocycles. The summed E-state index contributed by atoms with van der Waals surface area (Å²) in [4.78, 5) is 5.03. The lowest BCUT2D eigenvalue weighted by atomic mass is 9.92. The Kier molecular flexibility index (Phi) is 4.40. The van der Waals surface area contributed by atoms with Gasteiger partial charge in [0.2, 0.25) is 0 Å². The van der Waals surface area contributed by atoms with Gasteiger partial charge < -0.3 is 5.73 Å². The average molecular weight is 321 g/mol. The molecule has 24 heavy (non-hydrogen) atoms. The van der Waals surface area contributed by atoms with Crippen molar-refractivity contribution in [2.75, 3.05) is 26.2 Å². The molecule has 0 spiro atoms. The second kappa shape index (κ2) is 6.67. The fraction of sp³-hybridized carbons (Fsp3) is 0.429. The predicted molar refractivity (Wildman–Crippen MR) is 98.9 cm³/mol. The van der Waals surface area contributed by atoms with Crippen molar-refractivity contribution in [3.8, 4) is 0 Å². The van der Waals surface area contributed by atoms with Crippen LogP contribution in [0, 0.1) is 0 Å². The summed E-state index contributed by atoms with van der Waals surface area (Å²) in [6, 6.07) is 18.4. The van der Waals surface area contributed by atoms with E-state index in [2.05, 4.69) is 65.3 Å². The number of hydrogen-bond donors (Lipinski definition) is 1. The van der Waals surface area contributed by atoms with Crippen LogP contribution in [0.4, 0.5) is 0 Å². The van der Waals surface area contributed by atoms with E-state index >= 15 is 0 Å². The summed E-state index contributed by atoms with van der Waals surface area (Å²) in [5.74, 6) is 0. The topological polar surface area (TPSA) is 32.5 Å². The highest BCUT2D eigenvalue weighted by molar-refractivity contribution is 5.44. The summed E-state index contributed by atoms with van der Waals surface area (Å²) in [6.07, 6.45) is 2.44. The molecular weight excluding hydrogens is 294 g/mol. The molecule has 3 heteroatoms. The van der Waals surface area contributed by atoms with Crippen molar-refractivity contribution >= 4 is 0 Å². The minimum absolute atomic E-state index is 0.154. The molecule has 2 aliphatic rings. The lowest BCUT2D eigenvalue weighted by Gasteiger charge is -2.41. The lowest BCUT2D eigenvalue weighted by Crippen LogP contribution is -2.53. The highest BCUT2D eigenvalue weighted by Gasteiger charge is 2.31. The molecule has 1 saturated heterocycles. The molecule has 1 fully saturated rings. The summed E-state index contributed by atoms with van der Waals surface area (Å²) in [6.45, 7) is 6.35. The van der Waals surface area contributed by atoms with Crippen LogP contribution in [0.25, 0.3) is 0 Å². The zero-order chi connectivity index (χ0) is 16.5. The summed E-state index contributed by atoms with van der Waals surface area (Å²) < 4.78 is 0. The van der Waals surface area contributed by atoms with Gasteiger partial charge in [0.1, 0.15) is 0 Å². The number of hydrogen-bond acceptors (Lipinski definition) is 3. The molecule has 126 valence electrons. The van der Waals surface area contributed by atoms with E-state index in [0.717, 1.165) is 39.0 Å². The molecule has 1 aliphatic heterocycles. The monoisotopic (exact) mass is 321 g/mol. The van der Waals surface area contributed by atoms with Crippen LogP contribution in [0.2, 0.25) is 0 Å². The van der Waals surface area contributed by atoms with Gasteiger partial charge in [-0.25, -0.2) is 0 Å². The smallest absolute Gasteiger partial charge is 0.0608 e. The van der Waals surface area contributed by atoms with Gasteiger partial charge in [-0.1, -0.05) is 48.5 Å². The lowest BCUT2D eigenvalue weighted by molar-refractivity contribution is 0.0857. The first-order chi connectivity index (χ1) is 11.7. The van der Waals surface area contributed by atoms with Crippen LogP contribution in [-0.2, 0) is 12.8 Å². The Bertz CT molecular complexity index is 654. The number of benzene rings is 2. The molecule has 4 rings (SSSR count). The molecule has 2 aromatic carbocycles. The average Bonchev–Trinajstić information content (AvgIpc) is 2.79. The molecule has 0 bridgehead atoms. The van der Waals surface area contributed by atoms with Crippen LogP contribution in [0.15, 0.2) is 48.5 Å². The highest BCUT2D eigenvalue weighted by atomic mass is 15.3. The number of rotatable bonds is 2. The van der Waals surface area contributed by atoms with Gasteiger partial charge in [-0.3, -0.25) is 9.80 Å². The van der Waals surface area contributed by atoms with E-state index in [-0.39, 0.29) is 6.17 Å². The van der Waals surface area contributed by atoms with E-state index in [1.165, 1.54) is 22.3 Å². The van der Waals surface area contributed by atoms with Crippen LogP contribution >= 0.6 is 0 Å². The fourth-order valence-electron chi connectivity index (χ4n) is 4.29. The van der Waals surface area contributed by atoms with Gasteiger partial charge in [0.15, 0.2) is 0 Å². The first-order valence-electron chi connectivity index (χ1n) is 9.13. The van der Waals surface area contributed by atoms with Gasteiger partial charge in [-0.2, -0.15) is 0 Å². The molecule has 0 radical (unpaired) electrons. The number of aryl methyl sites for hydroxylation is 2. The number of fused-ring (bicyclic) bond motifs is 2. The van der Waals surface area contributed by atoms with E-state index in [1.807, 2.05) is 0 Å². The summed E-state index contributed by atoms with van der Waals surface area (Å²) in [5, 5.41) is 0. The quantitative estimate of drug-likeness (QED) is 0.923. The molecule has 1 aliphatic carbocycles. The molecule has 0 aromatic heterocycles. The zero-order valence-electron chi connectivity index (χ0n) is 14.5. The Morgan fingerprint density at radius 2 is 1.33 bits per heavy atom. The Labute approximate surface area is 145 Å². The largest absolute Gasteiger partial charge is 0.316 e. The summed E-state index contributed by atoms with van der Waals surface area (Å²) in [5.41, 5.74) is 12.1. The van der Waals surface area contributed by atoms with Crippen LogP contribution < -0.4 is 5.73 Å². The van der Waals surface area contributed by atoms with Crippen molar-refractivity contribution in [2.24, 2.45) is 5.73 Å². The minimum atomic E-state index is 0.154. The van der Waals surface area contributed by atoms with E-state index < -0.39 is 0 Å². The first-order valence-corrected chi connectivity index (χ1v) is 9.13. The summed E-state index contributed by atoms with van der Waals surface area (Å²) in [7, 11) is 0. The van der Waals surface area contributed by atoms with E-state index in [4.69, 9.17) is 5.73 Å². The molecule has 0 amide bonds. The molecule has 1 heterocycles. The predicted octanol–water partition coefficient (Wildman–Crippen LogP) is 2.80. The molecule has 2 N–H and O–H groups in total. The zero-order valence-corrected chi connectivity index (χ0v) is 14.5. The third kappa shape index (κ3) is 2.88. The minimum Gasteiger partial charge on any atom is -0.316 e. The van der Waals surface area contributed by atoms with Crippen molar-refractivity contribution in [3.63, 3.8) is 0 Å². The van der Waals surface area contributed by atoms with E-state index in [9.17, 15) is 0 Å². The standard InChI is InChI=1S/C21H27N3/c1-16(22)23-12-14-24(15-13-23)21-19-8-4-2-6-17(19)10-11-18-7-3-5-9-20(18)21/h2-9,16,21H,10-15,22H2,1H3. The first kappa shape index (κ1) is 15.8. The van der Waals surface area contributed by atoms with E-state index in [1.54, 1.807) is 0 Å². The van der Waals surface area contributed by atoms with Gasteiger partial charge in [0.25, 0.3) is 0 Å². The molecular formula is C21H27N3. The maximum Gasteiger partial charge on any atom is 0.0608 e. The van der Waals surface area contributed by atoms with Crippen molar-refractivity contribution in [1.82, 2.24) is 9.80 Å². The Morgan fingerprint density at radius 1 is 0.833 bits per heavy atom. The molecule has 1 atom stereocenters. The number of nitrogens with zero attached hydrogens (tertiary/aromatic N) is 2. The number of nitrogens with two attached hydrogens (primary N) is 1. The second-order valence-corrected chi connectivity index (χ2v) is 7.11. The normalized spacial score (nSPS) is 20.9. The van der Waals surface area contributed by atoms with Crippen molar-refractivity contribution in [2.45, 2.75) is 32.0 Å². The third-order valence-corrected chi connectivity index (χ3v) is 5.65. The molecule has 2 aromatic rings. The van der Waals surface area contributed by atoms with Crippen LogP contribution in [0.3, 0.4) is 0 Å². The Balaban J connectivity index is 1.71. The van der Waals surface area contributed by atoms with Gasteiger partial charge in [0, 0.05) is 26.2 Å². The SMILES string of the molecule is CC(N)N1CCN(C2c3ccccc3CCc3ccccc32)CC1. The van der Waals surface area contributed by atoms with Crippen molar-refractivity contribution in [1.29, 1.82) is 0 Å². The second-order valence-electron chi connectivity index (χ2n) is 7.11.